The van der Waals surface area contributed by atoms with Gasteiger partial charge in [0.2, 0.25) is 0 Å². The van der Waals surface area contributed by atoms with E-state index < -0.39 is 0 Å². The second-order valence-electron chi connectivity index (χ2n) is 2.65. The molecule has 4 heteroatoms. The third kappa shape index (κ3) is 5.88. The van der Waals surface area contributed by atoms with Gasteiger partial charge in [-0.2, -0.15) is 5.06 Å². The number of hydrogen-bond donors (Lipinski definition) is 1. The molecule has 0 spiro atoms. The first-order chi connectivity index (χ1) is 5.54. The smallest absolute Gasteiger partial charge is 0.333 e. The van der Waals surface area contributed by atoms with Gasteiger partial charge in [-0.1, -0.05) is 6.58 Å². The zero-order valence-corrected chi connectivity index (χ0v) is 7.54. The summed E-state index contributed by atoms with van der Waals surface area (Å²) in [4.78, 5) is 10.8. The summed E-state index contributed by atoms with van der Waals surface area (Å²) in [5, 5.41) is 9.75. The van der Waals surface area contributed by atoms with E-state index in [0.717, 1.165) is 5.06 Å². The molecule has 0 radical (unpaired) electrons. The molecule has 0 aromatic rings. The number of esters is 1. The maximum absolute atomic E-state index is 10.8. The largest absolute Gasteiger partial charge is 0.462 e. The van der Waals surface area contributed by atoms with Crippen LogP contribution in [0.4, 0.5) is 0 Å². The quantitative estimate of drug-likeness (QED) is 0.289. The number of nitrogens with zero attached hydrogens (tertiary/aromatic N) is 1. The van der Waals surface area contributed by atoms with Crippen LogP contribution in [-0.4, -0.2) is 36.4 Å². The van der Waals surface area contributed by atoms with Gasteiger partial charge in [-0.05, 0) is 13.3 Å². The lowest BCUT2D eigenvalue weighted by Gasteiger charge is -2.07. The maximum Gasteiger partial charge on any atom is 0.333 e. The highest BCUT2D eigenvalue weighted by atomic mass is 16.5. The van der Waals surface area contributed by atoms with Crippen molar-refractivity contribution in [2.75, 3.05) is 20.2 Å². The molecular formula is C8H15NO3. The lowest BCUT2D eigenvalue weighted by molar-refractivity contribution is -0.140. The monoisotopic (exact) mass is 173 g/mol. The molecule has 0 atom stereocenters. The number of rotatable bonds is 5. The average molecular weight is 173 g/mol. The van der Waals surface area contributed by atoms with E-state index in [9.17, 15) is 4.79 Å². The molecule has 12 heavy (non-hydrogen) atoms. The van der Waals surface area contributed by atoms with Crippen molar-refractivity contribution in [3.8, 4) is 0 Å². The Kier molecular flexibility index (Phi) is 5.32. The van der Waals surface area contributed by atoms with Gasteiger partial charge in [-0.15, -0.1) is 0 Å². The van der Waals surface area contributed by atoms with Crippen LogP contribution in [0.25, 0.3) is 0 Å². The fourth-order valence-electron chi connectivity index (χ4n) is 0.581. The van der Waals surface area contributed by atoms with Crippen molar-refractivity contribution in [1.82, 2.24) is 5.06 Å². The van der Waals surface area contributed by atoms with Crippen molar-refractivity contribution in [1.29, 1.82) is 0 Å². The molecule has 0 aliphatic rings. The topological polar surface area (TPSA) is 49.8 Å². The normalized spacial score (nSPS) is 10.0. The van der Waals surface area contributed by atoms with Crippen LogP contribution in [0.5, 0.6) is 0 Å². The van der Waals surface area contributed by atoms with E-state index >= 15 is 0 Å². The first-order valence-corrected chi connectivity index (χ1v) is 3.76. The fraction of sp³-hybridized carbons (Fsp3) is 0.625. The standard InChI is InChI=1S/C8H15NO3/c1-7(2)8(10)12-6-4-5-9(3)11/h11H,1,4-6H2,2-3H3. The molecule has 0 rings (SSSR count). The first-order valence-electron chi connectivity index (χ1n) is 3.76. The van der Waals surface area contributed by atoms with Crippen molar-refractivity contribution in [3.63, 3.8) is 0 Å². The van der Waals surface area contributed by atoms with Gasteiger partial charge < -0.3 is 9.94 Å². The number of hydrogen-bond acceptors (Lipinski definition) is 4. The van der Waals surface area contributed by atoms with Gasteiger partial charge in [-0.25, -0.2) is 4.79 Å². The Hall–Kier alpha value is -0.870. The van der Waals surface area contributed by atoms with E-state index in [1.807, 2.05) is 0 Å². The molecule has 0 heterocycles. The molecule has 0 bridgehead atoms. The van der Waals surface area contributed by atoms with Crippen molar-refractivity contribution >= 4 is 5.97 Å². The van der Waals surface area contributed by atoms with Gasteiger partial charge in [0.05, 0.1) is 6.61 Å². The summed E-state index contributed by atoms with van der Waals surface area (Å²) in [6, 6.07) is 0. The third-order valence-corrected chi connectivity index (χ3v) is 1.21. The molecule has 0 fully saturated rings. The highest BCUT2D eigenvalue weighted by Gasteiger charge is 2.01. The van der Waals surface area contributed by atoms with E-state index in [1.54, 1.807) is 14.0 Å². The van der Waals surface area contributed by atoms with E-state index in [0.29, 0.717) is 25.1 Å². The molecule has 0 amide bonds. The van der Waals surface area contributed by atoms with Gasteiger partial charge in [0.1, 0.15) is 0 Å². The summed E-state index contributed by atoms with van der Waals surface area (Å²) in [5.41, 5.74) is 0.396. The first kappa shape index (κ1) is 11.1. The minimum atomic E-state index is -0.379. The van der Waals surface area contributed by atoms with Gasteiger partial charge in [-0.3, -0.25) is 0 Å². The molecule has 4 nitrogen and oxygen atoms in total. The second kappa shape index (κ2) is 5.74. The van der Waals surface area contributed by atoms with Crippen LogP contribution in [0.15, 0.2) is 12.2 Å². The van der Waals surface area contributed by atoms with Crippen LogP contribution in [0.3, 0.4) is 0 Å². The molecule has 0 aliphatic carbocycles. The Balaban J connectivity index is 3.32. The zero-order valence-electron chi connectivity index (χ0n) is 7.54. The lowest BCUT2D eigenvalue weighted by atomic mass is 10.3. The lowest BCUT2D eigenvalue weighted by Crippen LogP contribution is -2.17. The summed E-state index contributed by atoms with van der Waals surface area (Å²) in [7, 11) is 1.54. The summed E-state index contributed by atoms with van der Waals surface area (Å²) in [5.74, 6) is -0.379. The third-order valence-electron chi connectivity index (χ3n) is 1.21. The molecule has 0 aromatic carbocycles. The summed E-state index contributed by atoms with van der Waals surface area (Å²) in [6.45, 7) is 5.84. The summed E-state index contributed by atoms with van der Waals surface area (Å²) in [6.07, 6.45) is 0.617. The van der Waals surface area contributed by atoms with Crippen LogP contribution >= 0.6 is 0 Å². The minimum absolute atomic E-state index is 0.316. The highest BCUT2D eigenvalue weighted by molar-refractivity contribution is 5.86. The van der Waals surface area contributed by atoms with Crippen molar-refractivity contribution in [2.24, 2.45) is 0 Å². The van der Waals surface area contributed by atoms with Gasteiger partial charge >= 0.3 is 5.97 Å². The van der Waals surface area contributed by atoms with E-state index in [-0.39, 0.29) is 5.97 Å². The second-order valence-corrected chi connectivity index (χ2v) is 2.65. The SMILES string of the molecule is C=C(C)C(=O)OCCCN(C)O. The molecular weight excluding hydrogens is 158 g/mol. The van der Waals surface area contributed by atoms with E-state index in [4.69, 9.17) is 9.94 Å². The number of carbonyl (C=O) groups is 1. The van der Waals surface area contributed by atoms with Crippen LogP contribution in [0, 0.1) is 0 Å². The molecule has 0 unspecified atom stereocenters. The van der Waals surface area contributed by atoms with Crippen molar-refractivity contribution in [2.45, 2.75) is 13.3 Å². The van der Waals surface area contributed by atoms with Crippen molar-refractivity contribution < 1.29 is 14.7 Å². The molecule has 70 valence electrons. The molecule has 0 aromatic heterocycles. The highest BCUT2D eigenvalue weighted by Crippen LogP contribution is 1.93. The number of hydroxylamine groups is 2. The number of ether oxygens (including phenoxy) is 1. The Morgan fingerprint density at radius 2 is 2.25 bits per heavy atom. The van der Waals surface area contributed by atoms with Crippen LogP contribution in [-0.2, 0) is 9.53 Å². The summed E-state index contributed by atoms with van der Waals surface area (Å²) >= 11 is 0. The van der Waals surface area contributed by atoms with Gasteiger partial charge in [0, 0.05) is 19.2 Å². The van der Waals surface area contributed by atoms with Crippen molar-refractivity contribution in [3.05, 3.63) is 12.2 Å². The zero-order chi connectivity index (χ0) is 9.56. The Morgan fingerprint density at radius 1 is 1.67 bits per heavy atom. The Bertz CT molecular complexity index is 166. The molecule has 1 N–H and O–H groups in total. The fourth-order valence-corrected chi connectivity index (χ4v) is 0.581. The number of carbonyl (C=O) groups excluding carboxylic acids is 1. The van der Waals surface area contributed by atoms with Crippen LogP contribution in [0.1, 0.15) is 13.3 Å². The molecule has 0 saturated carbocycles. The van der Waals surface area contributed by atoms with Gasteiger partial charge in [0.25, 0.3) is 0 Å². The Labute approximate surface area is 72.4 Å². The summed E-state index contributed by atoms with van der Waals surface area (Å²) < 4.78 is 4.78. The average Bonchev–Trinajstić information content (AvgIpc) is 1.97. The maximum atomic E-state index is 10.8. The van der Waals surface area contributed by atoms with E-state index in [1.165, 1.54) is 0 Å². The van der Waals surface area contributed by atoms with Crippen LogP contribution < -0.4 is 0 Å². The van der Waals surface area contributed by atoms with Crippen LogP contribution in [0.2, 0.25) is 0 Å². The molecule has 0 saturated heterocycles. The predicted octanol–water partition coefficient (Wildman–Crippen LogP) is 0.817. The van der Waals surface area contributed by atoms with Gasteiger partial charge in [0.15, 0.2) is 0 Å². The molecule has 0 aliphatic heterocycles. The predicted molar refractivity (Wildman–Crippen MR) is 44.8 cm³/mol. The minimum Gasteiger partial charge on any atom is -0.462 e. The van der Waals surface area contributed by atoms with E-state index in [2.05, 4.69) is 6.58 Å². The Morgan fingerprint density at radius 3 is 2.67 bits per heavy atom.